The third-order valence-corrected chi connectivity index (χ3v) is 3.74. The number of rotatable bonds is 6. The maximum absolute atomic E-state index is 11.2. The Morgan fingerprint density at radius 3 is 2.81 bits per heavy atom. The molecular weight excluding hydrogens is 294 g/mol. The fourth-order valence-electron chi connectivity index (χ4n) is 1.94. The molecule has 8 heteroatoms. The summed E-state index contributed by atoms with van der Waals surface area (Å²) in [4.78, 5) is 26.6. The molecule has 1 heterocycles. The molecule has 0 radical (unpaired) electrons. The van der Waals surface area contributed by atoms with Crippen LogP contribution in [0, 0.1) is 17.0 Å². The van der Waals surface area contributed by atoms with E-state index in [0.29, 0.717) is 12.1 Å². The Morgan fingerprint density at radius 2 is 2.24 bits per heavy atom. The lowest BCUT2D eigenvalue weighted by Crippen LogP contribution is -2.16. The first-order chi connectivity index (χ1) is 9.99. The zero-order valence-corrected chi connectivity index (χ0v) is 12.0. The minimum absolute atomic E-state index is 0.236. The van der Waals surface area contributed by atoms with Gasteiger partial charge in [0.1, 0.15) is 5.56 Å². The van der Waals surface area contributed by atoms with E-state index in [2.05, 4.69) is 10.3 Å². The molecular formula is C13H13N3O4S. The summed E-state index contributed by atoms with van der Waals surface area (Å²) in [5.74, 6) is -1.30. The molecule has 0 aliphatic heterocycles. The van der Waals surface area contributed by atoms with E-state index in [1.54, 1.807) is 23.6 Å². The second-order valence-corrected chi connectivity index (χ2v) is 5.64. The van der Waals surface area contributed by atoms with E-state index in [1.807, 2.05) is 6.92 Å². The van der Waals surface area contributed by atoms with Crippen LogP contribution >= 0.6 is 11.3 Å². The highest BCUT2D eigenvalue weighted by atomic mass is 32.1. The number of carbonyl (C=O) groups is 1. The van der Waals surface area contributed by atoms with Crippen LogP contribution in [-0.4, -0.2) is 21.0 Å². The van der Waals surface area contributed by atoms with Gasteiger partial charge in [0, 0.05) is 30.2 Å². The lowest BCUT2D eigenvalue weighted by molar-refractivity contribution is -0.385. The van der Waals surface area contributed by atoms with E-state index in [1.165, 1.54) is 12.1 Å². The molecule has 21 heavy (non-hydrogen) atoms. The van der Waals surface area contributed by atoms with Gasteiger partial charge in [-0.15, -0.1) is 11.3 Å². The summed E-state index contributed by atoms with van der Waals surface area (Å²) in [5, 5.41) is 24.1. The molecule has 0 bridgehead atoms. The number of nitrogens with zero attached hydrogens (tertiary/aromatic N) is 2. The monoisotopic (exact) mass is 307 g/mol. The van der Waals surface area contributed by atoms with Crippen LogP contribution in [-0.2, 0) is 13.1 Å². The second kappa shape index (κ2) is 6.42. The van der Waals surface area contributed by atoms with Crippen LogP contribution in [0.5, 0.6) is 0 Å². The van der Waals surface area contributed by atoms with Gasteiger partial charge in [-0.2, -0.15) is 0 Å². The van der Waals surface area contributed by atoms with E-state index >= 15 is 0 Å². The molecule has 0 saturated heterocycles. The van der Waals surface area contributed by atoms with Crippen LogP contribution in [0.2, 0.25) is 0 Å². The zero-order chi connectivity index (χ0) is 15.4. The Kier molecular flexibility index (Phi) is 4.61. The van der Waals surface area contributed by atoms with Crippen molar-refractivity contribution >= 4 is 23.0 Å². The third-order valence-electron chi connectivity index (χ3n) is 2.82. The number of carboxylic acids is 1. The van der Waals surface area contributed by atoms with Crippen molar-refractivity contribution in [3.8, 4) is 0 Å². The number of nitro groups is 1. The van der Waals surface area contributed by atoms with E-state index in [9.17, 15) is 20.0 Å². The van der Waals surface area contributed by atoms with E-state index in [0.717, 1.165) is 9.88 Å². The normalized spacial score (nSPS) is 10.5. The summed E-state index contributed by atoms with van der Waals surface area (Å²) in [6.45, 7) is 2.67. The number of hydrogen-bond donors (Lipinski definition) is 2. The minimum atomic E-state index is -1.30. The lowest BCUT2D eigenvalue weighted by Gasteiger charge is -2.07. The molecule has 0 saturated carbocycles. The van der Waals surface area contributed by atoms with Crippen molar-refractivity contribution in [3.05, 3.63) is 55.5 Å². The molecule has 2 aromatic rings. The first-order valence-corrected chi connectivity index (χ1v) is 6.92. The first kappa shape index (κ1) is 15.1. The van der Waals surface area contributed by atoms with Gasteiger partial charge >= 0.3 is 5.97 Å². The number of thiazole rings is 1. The molecule has 1 aromatic carbocycles. The van der Waals surface area contributed by atoms with E-state index < -0.39 is 16.6 Å². The fourth-order valence-corrected chi connectivity index (χ4v) is 2.70. The number of nitrogens with one attached hydrogen (secondary N) is 1. The Labute approximate surface area is 124 Å². The molecule has 7 nitrogen and oxygen atoms in total. The Bertz CT molecular complexity index is 684. The van der Waals surface area contributed by atoms with Crippen molar-refractivity contribution in [1.82, 2.24) is 10.3 Å². The number of aromatic carboxylic acids is 1. The number of aryl methyl sites for hydroxylation is 1. The fraction of sp³-hybridized carbons (Fsp3) is 0.231. The van der Waals surface area contributed by atoms with E-state index in [4.69, 9.17) is 0 Å². The van der Waals surface area contributed by atoms with Crippen molar-refractivity contribution in [2.24, 2.45) is 0 Å². The van der Waals surface area contributed by atoms with Crippen LogP contribution in [0.4, 0.5) is 5.69 Å². The Balaban J connectivity index is 2.14. The molecule has 0 atom stereocenters. The molecule has 0 unspecified atom stereocenters. The largest absolute Gasteiger partial charge is 0.477 e. The quantitative estimate of drug-likeness (QED) is 0.627. The maximum atomic E-state index is 11.2. The van der Waals surface area contributed by atoms with Gasteiger partial charge in [-0.05, 0) is 12.5 Å². The van der Waals surface area contributed by atoms with Crippen molar-refractivity contribution < 1.29 is 14.8 Å². The highest BCUT2D eigenvalue weighted by Crippen LogP contribution is 2.22. The number of hydrogen-bond acceptors (Lipinski definition) is 6. The van der Waals surface area contributed by atoms with Gasteiger partial charge in [-0.3, -0.25) is 10.1 Å². The van der Waals surface area contributed by atoms with Gasteiger partial charge in [-0.1, -0.05) is 12.1 Å². The smallest absolute Gasteiger partial charge is 0.343 e. The number of nitro benzene ring substituents is 1. The lowest BCUT2D eigenvalue weighted by atomic mass is 10.1. The van der Waals surface area contributed by atoms with Crippen LogP contribution in [0.25, 0.3) is 0 Å². The molecule has 1 aromatic heterocycles. The van der Waals surface area contributed by atoms with Crippen LogP contribution in [0.15, 0.2) is 24.4 Å². The van der Waals surface area contributed by atoms with Gasteiger partial charge in [0.15, 0.2) is 0 Å². The van der Waals surface area contributed by atoms with Gasteiger partial charge < -0.3 is 10.4 Å². The molecule has 2 rings (SSSR count). The van der Waals surface area contributed by atoms with Crippen LogP contribution in [0.1, 0.15) is 25.8 Å². The molecule has 0 spiro atoms. The molecule has 110 valence electrons. The predicted molar refractivity (Wildman–Crippen MR) is 77.5 cm³/mol. The van der Waals surface area contributed by atoms with Gasteiger partial charge in [0.25, 0.3) is 5.69 Å². The topological polar surface area (TPSA) is 105 Å². The summed E-state index contributed by atoms with van der Waals surface area (Å²) in [5.41, 5.74) is -0.274. The maximum Gasteiger partial charge on any atom is 0.343 e. The summed E-state index contributed by atoms with van der Waals surface area (Å²) in [6, 6.07) is 4.25. The average molecular weight is 307 g/mol. The molecule has 0 amide bonds. The predicted octanol–water partition coefficient (Wildman–Crippen LogP) is 2.35. The van der Waals surface area contributed by atoms with Crippen molar-refractivity contribution in [2.75, 3.05) is 0 Å². The second-order valence-electron chi connectivity index (χ2n) is 4.32. The Hall–Kier alpha value is -2.32. The zero-order valence-electron chi connectivity index (χ0n) is 11.2. The van der Waals surface area contributed by atoms with Gasteiger partial charge in [0.05, 0.1) is 9.93 Å². The number of carboxylic acid groups (broad SMARTS) is 1. The third kappa shape index (κ3) is 3.61. The number of benzene rings is 1. The molecule has 2 N–H and O–H groups in total. The summed E-state index contributed by atoms with van der Waals surface area (Å²) >= 11 is 1.54. The van der Waals surface area contributed by atoms with Crippen LogP contribution < -0.4 is 5.32 Å². The van der Waals surface area contributed by atoms with Crippen molar-refractivity contribution in [1.29, 1.82) is 0 Å². The standard InChI is InChI=1S/C13H13N3O4S/c1-8-15-7-10(21-8)6-14-5-9-3-2-4-11(16(19)20)12(9)13(17)18/h2-4,7,14H,5-6H2,1H3,(H,17,18). The highest BCUT2D eigenvalue weighted by molar-refractivity contribution is 7.11. The van der Waals surface area contributed by atoms with Crippen molar-refractivity contribution in [2.45, 2.75) is 20.0 Å². The van der Waals surface area contributed by atoms with Crippen LogP contribution in [0.3, 0.4) is 0 Å². The highest BCUT2D eigenvalue weighted by Gasteiger charge is 2.22. The van der Waals surface area contributed by atoms with Crippen molar-refractivity contribution in [3.63, 3.8) is 0 Å². The van der Waals surface area contributed by atoms with Gasteiger partial charge in [-0.25, -0.2) is 9.78 Å². The average Bonchev–Trinajstić information content (AvgIpc) is 2.83. The molecule has 0 aliphatic carbocycles. The molecule has 0 aliphatic rings. The summed E-state index contributed by atoms with van der Waals surface area (Å²) < 4.78 is 0. The summed E-state index contributed by atoms with van der Waals surface area (Å²) in [6.07, 6.45) is 1.75. The SMILES string of the molecule is Cc1ncc(CNCc2cccc([N+](=O)[O-])c2C(=O)O)s1. The molecule has 0 fully saturated rings. The first-order valence-electron chi connectivity index (χ1n) is 6.10. The van der Waals surface area contributed by atoms with Gasteiger partial charge in [0.2, 0.25) is 0 Å². The minimum Gasteiger partial charge on any atom is -0.477 e. The summed E-state index contributed by atoms with van der Waals surface area (Å²) in [7, 11) is 0. The van der Waals surface area contributed by atoms with E-state index in [-0.39, 0.29) is 12.1 Å². The number of aromatic nitrogens is 1. The Morgan fingerprint density at radius 1 is 1.48 bits per heavy atom.